The fourth-order valence-corrected chi connectivity index (χ4v) is 3.05. The van der Waals surface area contributed by atoms with Crippen molar-refractivity contribution in [3.8, 4) is 0 Å². The monoisotopic (exact) mass is 313 g/mol. The lowest BCUT2D eigenvalue weighted by atomic mass is 10.2. The Kier molecular flexibility index (Phi) is 4.42. The zero-order valence-corrected chi connectivity index (χ0v) is 12.4. The minimum absolute atomic E-state index is 0.455. The summed E-state index contributed by atoms with van der Waals surface area (Å²) in [5, 5.41) is 3.46. The van der Waals surface area contributed by atoms with E-state index in [2.05, 4.69) is 47.2 Å². The smallest absolute Gasteiger partial charge is 0.169 e. The molecule has 0 aliphatic heterocycles. The number of hydrogen-bond donors (Lipinski definition) is 1. The average molecular weight is 314 g/mol. The second-order valence-corrected chi connectivity index (χ2v) is 6.36. The van der Waals surface area contributed by atoms with Gasteiger partial charge in [0.1, 0.15) is 5.76 Å². The predicted molar refractivity (Wildman–Crippen MR) is 75.5 cm³/mol. The van der Waals surface area contributed by atoms with Crippen LogP contribution in [0, 0.1) is 6.92 Å². The van der Waals surface area contributed by atoms with Crippen LogP contribution in [0.5, 0.6) is 0 Å². The second kappa shape index (κ2) is 5.85. The van der Waals surface area contributed by atoms with Crippen LogP contribution >= 0.6 is 27.3 Å². The maximum absolute atomic E-state index is 5.44. The molecule has 0 aliphatic rings. The van der Waals surface area contributed by atoms with Gasteiger partial charge in [-0.1, -0.05) is 0 Å². The maximum atomic E-state index is 5.44. The van der Waals surface area contributed by atoms with Crippen LogP contribution in [0.15, 0.2) is 33.4 Å². The minimum Gasteiger partial charge on any atom is -0.453 e. The zero-order chi connectivity index (χ0) is 12.3. The van der Waals surface area contributed by atoms with Crippen LogP contribution in [0.4, 0.5) is 0 Å². The van der Waals surface area contributed by atoms with Crippen LogP contribution in [-0.2, 0) is 13.0 Å². The van der Waals surface area contributed by atoms with Crippen molar-refractivity contribution in [2.24, 2.45) is 0 Å². The van der Waals surface area contributed by atoms with E-state index >= 15 is 0 Å². The van der Waals surface area contributed by atoms with Crippen LogP contribution in [0.3, 0.4) is 0 Å². The highest BCUT2D eigenvalue weighted by Crippen LogP contribution is 2.17. The molecule has 2 aromatic heterocycles. The highest BCUT2D eigenvalue weighted by molar-refractivity contribution is 9.10. The Morgan fingerprint density at radius 3 is 2.76 bits per heavy atom. The third-order valence-electron chi connectivity index (χ3n) is 2.56. The number of furan rings is 1. The van der Waals surface area contributed by atoms with E-state index in [0.29, 0.717) is 6.04 Å². The van der Waals surface area contributed by atoms with Crippen LogP contribution in [0.25, 0.3) is 0 Å². The molecule has 0 fully saturated rings. The second-order valence-electron chi connectivity index (χ2n) is 4.20. The van der Waals surface area contributed by atoms with E-state index in [-0.39, 0.29) is 0 Å². The Balaban J connectivity index is 1.79. The molecule has 2 aromatic rings. The molecular weight excluding hydrogens is 298 g/mol. The number of thiophene rings is 1. The summed E-state index contributed by atoms with van der Waals surface area (Å²) in [7, 11) is 0. The van der Waals surface area contributed by atoms with E-state index in [1.165, 1.54) is 9.75 Å². The summed E-state index contributed by atoms with van der Waals surface area (Å²) in [5.41, 5.74) is 0. The van der Waals surface area contributed by atoms with Crippen molar-refractivity contribution >= 4 is 27.3 Å². The lowest BCUT2D eigenvalue weighted by molar-refractivity contribution is 0.442. The van der Waals surface area contributed by atoms with E-state index in [4.69, 9.17) is 4.42 Å². The van der Waals surface area contributed by atoms with Crippen LogP contribution in [0.1, 0.15) is 22.4 Å². The van der Waals surface area contributed by atoms with Crippen LogP contribution in [-0.4, -0.2) is 6.04 Å². The molecule has 2 heterocycles. The molecule has 4 heteroatoms. The number of nitrogens with one attached hydrogen (secondary N) is 1. The number of aryl methyl sites for hydroxylation is 1. The van der Waals surface area contributed by atoms with Crippen molar-refractivity contribution in [1.29, 1.82) is 0 Å². The number of hydrogen-bond acceptors (Lipinski definition) is 3. The first-order valence-electron chi connectivity index (χ1n) is 5.66. The van der Waals surface area contributed by atoms with E-state index in [1.807, 2.05) is 23.5 Å². The molecule has 2 nitrogen and oxygen atoms in total. The molecule has 0 saturated carbocycles. The van der Waals surface area contributed by atoms with Crippen molar-refractivity contribution in [1.82, 2.24) is 5.32 Å². The van der Waals surface area contributed by atoms with Gasteiger partial charge in [0.15, 0.2) is 4.67 Å². The molecule has 17 heavy (non-hydrogen) atoms. The lowest BCUT2D eigenvalue weighted by Gasteiger charge is -2.11. The van der Waals surface area contributed by atoms with Crippen LogP contribution < -0.4 is 5.32 Å². The van der Waals surface area contributed by atoms with Crippen molar-refractivity contribution in [2.45, 2.75) is 32.9 Å². The van der Waals surface area contributed by atoms with E-state index in [0.717, 1.165) is 23.4 Å². The molecule has 0 spiro atoms. The molecule has 2 rings (SSSR count). The molecule has 1 atom stereocenters. The Morgan fingerprint density at radius 1 is 1.35 bits per heavy atom. The average Bonchev–Trinajstić information content (AvgIpc) is 2.85. The molecule has 1 unspecified atom stereocenters. The standard InChI is InChI=1S/C13H16BrNOS/c1-9(7-12-5-3-10(2)17-12)15-8-11-4-6-13(14)16-11/h3-6,9,15H,7-8H2,1-2H3. The molecular formula is C13H16BrNOS. The molecule has 1 N–H and O–H groups in total. The summed E-state index contributed by atoms with van der Waals surface area (Å²) < 4.78 is 6.23. The third kappa shape index (κ3) is 3.98. The van der Waals surface area contributed by atoms with Gasteiger partial charge in [-0.15, -0.1) is 11.3 Å². The van der Waals surface area contributed by atoms with Gasteiger partial charge in [-0.3, -0.25) is 0 Å². The van der Waals surface area contributed by atoms with Gasteiger partial charge < -0.3 is 9.73 Å². The summed E-state index contributed by atoms with van der Waals surface area (Å²) in [6.07, 6.45) is 1.07. The van der Waals surface area contributed by atoms with Gasteiger partial charge in [0.2, 0.25) is 0 Å². The van der Waals surface area contributed by atoms with Gasteiger partial charge in [0.25, 0.3) is 0 Å². The van der Waals surface area contributed by atoms with Crippen molar-refractivity contribution in [3.05, 3.63) is 44.4 Å². The highest BCUT2D eigenvalue weighted by Gasteiger charge is 2.06. The Morgan fingerprint density at radius 2 is 2.18 bits per heavy atom. The van der Waals surface area contributed by atoms with Crippen molar-refractivity contribution in [2.75, 3.05) is 0 Å². The minimum atomic E-state index is 0.455. The molecule has 0 radical (unpaired) electrons. The Labute approximate surface area is 114 Å². The van der Waals surface area contributed by atoms with Gasteiger partial charge in [-0.25, -0.2) is 0 Å². The van der Waals surface area contributed by atoms with Gasteiger partial charge in [0, 0.05) is 15.8 Å². The summed E-state index contributed by atoms with van der Waals surface area (Å²) in [4.78, 5) is 2.81. The summed E-state index contributed by atoms with van der Waals surface area (Å²) >= 11 is 5.17. The van der Waals surface area contributed by atoms with E-state index < -0.39 is 0 Å². The lowest BCUT2D eigenvalue weighted by Crippen LogP contribution is -2.27. The van der Waals surface area contributed by atoms with Gasteiger partial charge >= 0.3 is 0 Å². The fourth-order valence-electron chi connectivity index (χ4n) is 1.69. The van der Waals surface area contributed by atoms with E-state index in [9.17, 15) is 0 Å². The predicted octanol–water partition coefficient (Wildman–Crippen LogP) is 4.13. The SMILES string of the molecule is Cc1ccc(CC(C)NCc2ccc(Br)o2)s1. The summed E-state index contributed by atoms with van der Waals surface area (Å²) in [5.74, 6) is 0.964. The fraction of sp³-hybridized carbons (Fsp3) is 0.385. The number of rotatable bonds is 5. The largest absolute Gasteiger partial charge is 0.453 e. The Hall–Kier alpha value is -0.580. The zero-order valence-electron chi connectivity index (χ0n) is 10.00. The molecule has 0 aliphatic carbocycles. The van der Waals surface area contributed by atoms with Gasteiger partial charge in [-0.2, -0.15) is 0 Å². The topological polar surface area (TPSA) is 25.2 Å². The normalized spacial score (nSPS) is 12.9. The molecule has 92 valence electrons. The third-order valence-corrected chi connectivity index (χ3v) is 4.01. The van der Waals surface area contributed by atoms with Gasteiger partial charge in [-0.05, 0) is 60.5 Å². The summed E-state index contributed by atoms with van der Waals surface area (Å²) in [6, 6.07) is 8.75. The first-order valence-corrected chi connectivity index (χ1v) is 7.27. The quantitative estimate of drug-likeness (QED) is 0.897. The van der Waals surface area contributed by atoms with E-state index in [1.54, 1.807) is 0 Å². The van der Waals surface area contributed by atoms with Crippen molar-refractivity contribution in [3.63, 3.8) is 0 Å². The first kappa shape index (κ1) is 12.9. The number of halogens is 1. The van der Waals surface area contributed by atoms with Crippen LogP contribution in [0.2, 0.25) is 0 Å². The molecule has 0 aromatic carbocycles. The first-order chi connectivity index (χ1) is 8.13. The molecule has 0 saturated heterocycles. The molecule has 0 bridgehead atoms. The maximum Gasteiger partial charge on any atom is 0.169 e. The molecule has 0 amide bonds. The summed E-state index contributed by atoms with van der Waals surface area (Å²) in [6.45, 7) is 5.12. The Bertz CT molecular complexity index is 477. The van der Waals surface area contributed by atoms with Gasteiger partial charge in [0.05, 0.1) is 6.54 Å². The van der Waals surface area contributed by atoms with Crippen molar-refractivity contribution < 1.29 is 4.42 Å². The highest BCUT2D eigenvalue weighted by atomic mass is 79.9.